The molecule has 2 heterocycles. The Hall–Kier alpha value is -3.35. The number of piperidine rings is 1. The number of nitrogens with zero attached hydrogens (tertiary/aromatic N) is 3. The highest BCUT2D eigenvalue weighted by Gasteiger charge is 2.26. The van der Waals surface area contributed by atoms with Crippen molar-refractivity contribution < 1.29 is 17.6 Å². The molecule has 4 rings (SSSR count). The summed E-state index contributed by atoms with van der Waals surface area (Å²) in [5, 5.41) is 12.5. The molecule has 9 heteroatoms. The maximum absolute atomic E-state index is 12.8. The molecule has 0 amide bonds. The number of aromatic nitrogens is 1. The average molecular weight is 439 g/mol. The summed E-state index contributed by atoms with van der Waals surface area (Å²) in [6, 6.07) is 15.5. The van der Waals surface area contributed by atoms with Gasteiger partial charge in [-0.1, -0.05) is 6.42 Å². The molecule has 1 N–H and O–H groups in total. The quantitative estimate of drug-likeness (QED) is 0.616. The smallest absolute Gasteiger partial charge is 0.243 e. The van der Waals surface area contributed by atoms with E-state index < -0.39 is 10.0 Å². The Morgan fingerprint density at radius 2 is 1.74 bits per heavy atom. The van der Waals surface area contributed by atoms with Gasteiger partial charge in [-0.05, 0) is 61.4 Å². The summed E-state index contributed by atoms with van der Waals surface area (Å²) in [6.07, 6.45) is 2.83. The number of methoxy groups -OCH3 is 1. The van der Waals surface area contributed by atoms with Crippen molar-refractivity contribution in [1.82, 2.24) is 9.29 Å². The molecular weight excluding hydrogens is 416 g/mol. The van der Waals surface area contributed by atoms with Crippen molar-refractivity contribution in [3.8, 4) is 23.3 Å². The lowest BCUT2D eigenvalue weighted by molar-refractivity contribution is 0.346. The van der Waals surface area contributed by atoms with E-state index in [0.717, 1.165) is 19.3 Å². The van der Waals surface area contributed by atoms with Crippen molar-refractivity contribution in [2.45, 2.75) is 24.2 Å². The van der Waals surface area contributed by atoms with E-state index in [1.807, 2.05) is 6.07 Å². The number of hydrogen-bond donors (Lipinski definition) is 1. The predicted octanol–water partition coefficient (Wildman–Crippen LogP) is 4.14. The second kappa shape index (κ2) is 8.79. The number of nitriles is 1. The minimum absolute atomic E-state index is 0.107. The number of ether oxygens (including phenoxy) is 1. The zero-order chi connectivity index (χ0) is 21.8. The summed E-state index contributed by atoms with van der Waals surface area (Å²) < 4.78 is 38.1. The first-order chi connectivity index (χ1) is 15.0. The summed E-state index contributed by atoms with van der Waals surface area (Å²) in [4.78, 5) is 4.47. The zero-order valence-electron chi connectivity index (χ0n) is 17.0. The first-order valence-corrected chi connectivity index (χ1v) is 11.4. The molecule has 1 aliphatic heterocycles. The molecular formula is C22H22N4O4S. The molecule has 160 valence electrons. The van der Waals surface area contributed by atoms with Crippen LogP contribution in [0.3, 0.4) is 0 Å². The van der Waals surface area contributed by atoms with Gasteiger partial charge in [0.1, 0.15) is 11.8 Å². The maximum Gasteiger partial charge on any atom is 0.243 e. The molecule has 1 fully saturated rings. The molecule has 1 saturated heterocycles. The molecule has 0 saturated carbocycles. The third-order valence-electron chi connectivity index (χ3n) is 5.14. The highest BCUT2D eigenvalue weighted by molar-refractivity contribution is 7.89. The Bertz CT molecular complexity index is 1190. The maximum atomic E-state index is 12.8. The van der Waals surface area contributed by atoms with Crippen LogP contribution in [0.15, 0.2) is 57.8 Å². The number of anilines is 2. The van der Waals surface area contributed by atoms with Crippen LogP contribution in [-0.4, -0.2) is 37.9 Å². The molecule has 0 unspecified atom stereocenters. The Morgan fingerprint density at radius 1 is 1.06 bits per heavy atom. The number of hydrogen-bond acceptors (Lipinski definition) is 7. The van der Waals surface area contributed by atoms with Crippen LogP contribution in [0.25, 0.3) is 11.5 Å². The molecule has 0 spiro atoms. The fraction of sp³-hybridized carbons (Fsp3) is 0.273. The Balaban J connectivity index is 1.56. The Morgan fingerprint density at radius 3 is 2.35 bits per heavy atom. The molecule has 8 nitrogen and oxygen atoms in total. The van der Waals surface area contributed by atoms with E-state index in [1.54, 1.807) is 55.6 Å². The lowest BCUT2D eigenvalue weighted by Crippen LogP contribution is -2.35. The van der Waals surface area contributed by atoms with Gasteiger partial charge in [-0.3, -0.25) is 0 Å². The van der Waals surface area contributed by atoms with Crippen LogP contribution >= 0.6 is 0 Å². The minimum atomic E-state index is -3.51. The topological polar surface area (TPSA) is 108 Å². The van der Waals surface area contributed by atoms with Crippen molar-refractivity contribution in [2.75, 3.05) is 25.5 Å². The summed E-state index contributed by atoms with van der Waals surface area (Å²) in [7, 11) is -1.92. The van der Waals surface area contributed by atoms with Gasteiger partial charge in [-0.15, -0.1) is 0 Å². The second-order valence-corrected chi connectivity index (χ2v) is 9.09. The molecule has 2 aromatic carbocycles. The number of nitrogens with one attached hydrogen (secondary N) is 1. The van der Waals surface area contributed by atoms with Crippen LogP contribution in [0.1, 0.15) is 25.0 Å². The van der Waals surface area contributed by atoms with E-state index in [1.165, 1.54) is 4.31 Å². The molecule has 0 bridgehead atoms. The molecule has 0 atom stereocenters. The first kappa shape index (κ1) is 20.9. The van der Waals surface area contributed by atoms with E-state index in [2.05, 4.69) is 10.3 Å². The molecule has 0 aliphatic carbocycles. The Kier molecular flexibility index (Phi) is 5.93. The summed E-state index contributed by atoms with van der Waals surface area (Å²) in [5.74, 6) is 1.16. The number of benzene rings is 2. The third kappa shape index (κ3) is 4.40. The van der Waals surface area contributed by atoms with Crippen molar-refractivity contribution in [2.24, 2.45) is 0 Å². The van der Waals surface area contributed by atoms with Crippen LogP contribution in [0, 0.1) is 11.3 Å². The zero-order valence-corrected chi connectivity index (χ0v) is 17.9. The fourth-order valence-corrected chi connectivity index (χ4v) is 4.95. The van der Waals surface area contributed by atoms with Crippen molar-refractivity contribution in [3.63, 3.8) is 0 Å². The van der Waals surface area contributed by atoms with E-state index in [9.17, 15) is 13.7 Å². The summed E-state index contributed by atoms with van der Waals surface area (Å²) in [6.45, 7) is 1.10. The van der Waals surface area contributed by atoms with Gasteiger partial charge in [0.15, 0.2) is 0 Å². The summed E-state index contributed by atoms with van der Waals surface area (Å²) in [5.41, 5.74) is 1.40. The van der Waals surface area contributed by atoms with Gasteiger partial charge in [0, 0.05) is 24.3 Å². The third-order valence-corrected chi connectivity index (χ3v) is 7.05. The highest BCUT2D eigenvalue weighted by atomic mass is 32.2. The molecule has 31 heavy (non-hydrogen) atoms. The molecule has 0 radical (unpaired) electrons. The van der Waals surface area contributed by atoms with Crippen LogP contribution in [0.5, 0.6) is 5.75 Å². The van der Waals surface area contributed by atoms with Gasteiger partial charge in [-0.25, -0.2) is 8.42 Å². The van der Waals surface area contributed by atoms with Gasteiger partial charge in [0.2, 0.25) is 27.5 Å². The van der Waals surface area contributed by atoms with E-state index >= 15 is 0 Å². The number of rotatable bonds is 6. The van der Waals surface area contributed by atoms with Gasteiger partial charge in [-0.2, -0.15) is 14.6 Å². The summed E-state index contributed by atoms with van der Waals surface area (Å²) >= 11 is 0. The largest absolute Gasteiger partial charge is 0.497 e. The SMILES string of the molecule is COc1ccc(Nc2oc(-c3ccc(S(=O)(=O)N4CCCCC4)cc3)nc2C#N)cc1. The van der Waals surface area contributed by atoms with E-state index in [-0.39, 0.29) is 22.4 Å². The fourth-order valence-electron chi connectivity index (χ4n) is 3.43. The van der Waals surface area contributed by atoms with Crippen molar-refractivity contribution in [1.29, 1.82) is 5.26 Å². The monoisotopic (exact) mass is 438 g/mol. The first-order valence-electron chi connectivity index (χ1n) is 9.94. The highest BCUT2D eigenvalue weighted by Crippen LogP contribution is 2.30. The number of oxazole rings is 1. The second-order valence-electron chi connectivity index (χ2n) is 7.15. The van der Waals surface area contributed by atoms with Crippen molar-refractivity contribution >= 4 is 21.6 Å². The van der Waals surface area contributed by atoms with Gasteiger partial charge in [0.25, 0.3) is 0 Å². The predicted molar refractivity (Wildman–Crippen MR) is 116 cm³/mol. The van der Waals surface area contributed by atoms with Crippen molar-refractivity contribution in [3.05, 3.63) is 54.2 Å². The van der Waals surface area contributed by atoms with Gasteiger partial charge < -0.3 is 14.5 Å². The molecule has 1 aliphatic rings. The van der Waals surface area contributed by atoms with Crippen LogP contribution in [0.4, 0.5) is 11.6 Å². The lowest BCUT2D eigenvalue weighted by Gasteiger charge is -2.25. The minimum Gasteiger partial charge on any atom is -0.497 e. The molecule has 1 aromatic heterocycles. The van der Waals surface area contributed by atoms with E-state index in [0.29, 0.717) is 30.1 Å². The standard InChI is InChI=1S/C22H22N4O4S/c1-29-18-9-7-17(8-10-18)24-22-20(15-23)25-21(30-22)16-5-11-19(12-6-16)31(27,28)26-13-3-2-4-14-26/h5-12,24H,2-4,13-14H2,1H3. The lowest BCUT2D eigenvalue weighted by atomic mass is 10.2. The Labute approximate surface area is 181 Å². The van der Waals surface area contributed by atoms with Crippen LogP contribution < -0.4 is 10.1 Å². The van der Waals surface area contributed by atoms with E-state index in [4.69, 9.17) is 9.15 Å². The number of sulfonamides is 1. The normalized spacial score (nSPS) is 14.7. The average Bonchev–Trinajstić information content (AvgIpc) is 3.23. The van der Waals surface area contributed by atoms with Gasteiger partial charge in [0.05, 0.1) is 12.0 Å². The van der Waals surface area contributed by atoms with Crippen LogP contribution in [-0.2, 0) is 10.0 Å². The van der Waals surface area contributed by atoms with Crippen LogP contribution in [0.2, 0.25) is 0 Å². The molecule has 3 aromatic rings. The van der Waals surface area contributed by atoms with Gasteiger partial charge >= 0.3 is 0 Å².